The van der Waals surface area contributed by atoms with E-state index in [1.54, 1.807) is 46.9 Å². The average Bonchev–Trinajstić information content (AvgIpc) is 2.82. The highest BCUT2D eigenvalue weighted by Crippen LogP contribution is 2.27. The highest BCUT2D eigenvalue weighted by molar-refractivity contribution is 6.03. The largest absolute Gasteiger partial charge is 0.497 e. The number of nitrogens with zero attached hydrogens (tertiary/aromatic N) is 1. The van der Waals surface area contributed by atoms with Crippen molar-refractivity contribution in [3.63, 3.8) is 0 Å². The maximum Gasteiger partial charge on any atom is 0.408 e. The van der Waals surface area contributed by atoms with Gasteiger partial charge in [0.1, 0.15) is 23.4 Å². The van der Waals surface area contributed by atoms with Gasteiger partial charge in [-0.25, -0.2) is 9.59 Å². The molecular weight excluding hydrogens is 460 g/mol. The highest BCUT2D eigenvalue weighted by Gasteiger charge is 2.35. The van der Waals surface area contributed by atoms with Gasteiger partial charge in [0.25, 0.3) is 0 Å². The van der Waals surface area contributed by atoms with Crippen LogP contribution in [0.1, 0.15) is 48.0 Å². The van der Waals surface area contributed by atoms with Crippen molar-refractivity contribution in [2.75, 3.05) is 19.1 Å². The summed E-state index contributed by atoms with van der Waals surface area (Å²) in [4.78, 5) is 40.2. The number of methoxy groups -OCH3 is 2. The molecule has 2 amide bonds. The van der Waals surface area contributed by atoms with Crippen LogP contribution in [0.4, 0.5) is 10.5 Å². The van der Waals surface area contributed by atoms with E-state index < -0.39 is 35.7 Å². The van der Waals surface area contributed by atoms with Crippen molar-refractivity contribution < 1.29 is 28.6 Å². The van der Waals surface area contributed by atoms with E-state index in [4.69, 9.17) is 14.2 Å². The van der Waals surface area contributed by atoms with E-state index >= 15 is 0 Å². The van der Waals surface area contributed by atoms with Crippen molar-refractivity contribution in [3.8, 4) is 16.9 Å². The Labute approximate surface area is 213 Å². The lowest BCUT2D eigenvalue weighted by molar-refractivity contribution is -0.143. The fraction of sp³-hybridized carbons (Fsp3) is 0.464. The molecule has 2 aromatic rings. The predicted octanol–water partition coefficient (Wildman–Crippen LogP) is 5.20. The molecule has 0 heterocycles. The number of anilines is 1. The van der Waals surface area contributed by atoms with Crippen molar-refractivity contribution in [1.29, 1.82) is 0 Å². The first kappa shape index (κ1) is 28.7. The minimum atomic E-state index is -0.913. The number of amides is 2. The van der Waals surface area contributed by atoms with Crippen LogP contribution in [-0.2, 0) is 19.1 Å². The molecule has 0 aromatic heterocycles. The van der Waals surface area contributed by atoms with Crippen molar-refractivity contribution in [2.45, 2.75) is 65.6 Å². The Balaban J connectivity index is 2.41. The van der Waals surface area contributed by atoms with Crippen LogP contribution in [0.25, 0.3) is 11.1 Å². The van der Waals surface area contributed by atoms with E-state index in [1.165, 1.54) is 12.0 Å². The van der Waals surface area contributed by atoms with Gasteiger partial charge in [-0.05, 0) is 75.4 Å². The van der Waals surface area contributed by atoms with Crippen molar-refractivity contribution >= 4 is 23.7 Å². The molecule has 0 bridgehead atoms. The van der Waals surface area contributed by atoms with Crippen molar-refractivity contribution in [3.05, 3.63) is 48.5 Å². The number of benzene rings is 2. The fourth-order valence-corrected chi connectivity index (χ4v) is 3.73. The quantitative estimate of drug-likeness (QED) is 0.478. The van der Waals surface area contributed by atoms with E-state index in [-0.39, 0.29) is 5.92 Å². The number of esters is 1. The predicted molar refractivity (Wildman–Crippen MR) is 140 cm³/mol. The Hall–Kier alpha value is -3.55. The van der Waals surface area contributed by atoms with E-state index in [0.717, 1.165) is 16.9 Å². The third-order valence-electron chi connectivity index (χ3n) is 5.43. The minimum absolute atomic E-state index is 0.0987. The molecule has 0 aliphatic heterocycles. The summed E-state index contributed by atoms with van der Waals surface area (Å²) in [6.45, 7) is 10.8. The lowest BCUT2D eigenvalue weighted by Gasteiger charge is -2.32. The number of carbonyl (C=O) groups excluding carboxylic acids is 3. The molecule has 196 valence electrons. The average molecular weight is 499 g/mol. The Bertz CT molecular complexity index is 1030. The number of rotatable bonds is 9. The zero-order valence-corrected chi connectivity index (χ0v) is 22.5. The summed E-state index contributed by atoms with van der Waals surface area (Å²) in [6, 6.07) is 13.1. The number of hydrogen-bond acceptors (Lipinski definition) is 6. The molecule has 0 fully saturated rings. The van der Waals surface area contributed by atoms with Crippen LogP contribution in [0.2, 0.25) is 0 Å². The number of nitrogens with one attached hydrogen (secondary N) is 1. The van der Waals surface area contributed by atoms with E-state index in [0.29, 0.717) is 12.1 Å². The first-order chi connectivity index (χ1) is 16.9. The molecule has 2 atom stereocenters. The maximum absolute atomic E-state index is 13.8. The molecule has 0 saturated carbocycles. The first-order valence-electron chi connectivity index (χ1n) is 12.0. The lowest BCUT2D eigenvalue weighted by Crippen LogP contribution is -2.54. The smallest absolute Gasteiger partial charge is 0.408 e. The second-order valence-corrected chi connectivity index (χ2v) is 10.0. The minimum Gasteiger partial charge on any atom is -0.497 e. The van der Waals surface area contributed by atoms with Crippen molar-refractivity contribution in [1.82, 2.24) is 5.32 Å². The molecule has 8 nitrogen and oxygen atoms in total. The lowest BCUT2D eigenvalue weighted by atomic mass is 10.0. The molecule has 2 rings (SSSR count). The molecule has 1 N–H and O–H groups in total. The van der Waals surface area contributed by atoms with Crippen LogP contribution in [-0.4, -0.2) is 49.9 Å². The molecule has 0 aliphatic rings. The number of hydrogen-bond donors (Lipinski definition) is 1. The maximum atomic E-state index is 13.8. The van der Waals surface area contributed by atoms with Gasteiger partial charge in [0.2, 0.25) is 5.91 Å². The summed E-state index contributed by atoms with van der Waals surface area (Å²) in [5.74, 6) is -0.137. The highest BCUT2D eigenvalue weighted by atomic mass is 16.6. The van der Waals surface area contributed by atoms with Gasteiger partial charge in [0.15, 0.2) is 0 Å². The van der Waals surface area contributed by atoms with Crippen LogP contribution >= 0.6 is 0 Å². The van der Waals surface area contributed by atoms with E-state index in [9.17, 15) is 14.4 Å². The monoisotopic (exact) mass is 498 g/mol. The molecule has 0 saturated heterocycles. The second kappa shape index (κ2) is 12.4. The summed E-state index contributed by atoms with van der Waals surface area (Å²) in [7, 11) is 2.89. The van der Waals surface area contributed by atoms with Gasteiger partial charge < -0.3 is 19.5 Å². The Morgan fingerprint density at radius 2 is 1.42 bits per heavy atom. The van der Waals surface area contributed by atoms with Crippen LogP contribution in [0, 0.1) is 5.92 Å². The SMILES string of the molecule is COC(=O)[C@H](C)N(C(=O)[C@H](CC(C)C)NC(=O)OC(C)(C)C)c1ccc(-c2ccc(OC)cc2)cc1. The van der Waals surface area contributed by atoms with Gasteiger partial charge in [-0.15, -0.1) is 0 Å². The van der Waals surface area contributed by atoms with Crippen LogP contribution < -0.4 is 15.0 Å². The topological polar surface area (TPSA) is 94.2 Å². The molecule has 36 heavy (non-hydrogen) atoms. The first-order valence-corrected chi connectivity index (χ1v) is 12.0. The van der Waals surface area contributed by atoms with Crippen LogP contribution in [0.3, 0.4) is 0 Å². The third-order valence-corrected chi connectivity index (χ3v) is 5.43. The molecule has 2 aromatic carbocycles. The second-order valence-electron chi connectivity index (χ2n) is 10.0. The summed E-state index contributed by atoms with van der Waals surface area (Å²) < 4.78 is 15.5. The number of ether oxygens (including phenoxy) is 3. The summed E-state index contributed by atoms with van der Waals surface area (Å²) in [6.07, 6.45) is -0.325. The van der Waals surface area contributed by atoms with Gasteiger partial charge in [-0.1, -0.05) is 38.1 Å². The third kappa shape index (κ3) is 8.00. The van der Waals surface area contributed by atoms with Gasteiger partial charge in [-0.3, -0.25) is 9.69 Å². The van der Waals surface area contributed by atoms with Crippen molar-refractivity contribution in [2.24, 2.45) is 5.92 Å². The number of alkyl carbamates (subject to hydrolysis) is 1. The Kier molecular flexibility index (Phi) is 9.90. The van der Waals surface area contributed by atoms with Gasteiger partial charge in [0.05, 0.1) is 14.2 Å². The zero-order chi connectivity index (χ0) is 27.0. The fourth-order valence-electron chi connectivity index (χ4n) is 3.73. The van der Waals surface area contributed by atoms with Crippen LogP contribution in [0.15, 0.2) is 48.5 Å². The normalized spacial score (nSPS) is 12.9. The van der Waals surface area contributed by atoms with Crippen LogP contribution in [0.5, 0.6) is 5.75 Å². The summed E-state index contributed by atoms with van der Waals surface area (Å²) >= 11 is 0. The summed E-state index contributed by atoms with van der Waals surface area (Å²) in [5, 5.41) is 2.70. The number of carbonyl (C=O) groups is 3. The Morgan fingerprint density at radius 1 is 0.889 bits per heavy atom. The molecule has 0 aliphatic carbocycles. The molecular formula is C28H38N2O6. The van der Waals surface area contributed by atoms with Gasteiger partial charge in [0, 0.05) is 5.69 Å². The molecule has 0 radical (unpaired) electrons. The zero-order valence-electron chi connectivity index (χ0n) is 22.5. The van der Waals surface area contributed by atoms with E-state index in [2.05, 4.69) is 5.32 Å². The summed E-state index contributed by atoms with van der Waals surface area (Å²) in [5.41, 5.74) is 1.71. The Morgan fingerprint density at radius 3 is 1.86 bits per heavy atom. The van der Waals surface area contributed by atoms with Gasteiger partial charge in [-0.2, -0.15) is 0 Å². The van der Waals surface area contributed by atoms with E-state index in [1.807, 2.05) is 50.2 Å². The molecule has 8 heteroatoms. The standard InChI is InChI=1S/C28H38N2O6/c1-18(2)17-24(29-27(33)36-28(4,5)6)25(31)30(19(3)26(32)35-8)22-13-9-20(10-14-22)21-11-15-23(34-7)16-12-21/h9-16,18-19,24H,17H2,1-8H3,(H,29,33)/t19-,24-/m0/s1. The molecule has 0 unspecified atom stereocenters. The van der Waals surface area contributed by atoms with Gasteiger partial charge >= 0.3 is 12.1 Å². The molecule has 0 spiro atoms.